The zero-order valence-corrected chi connectivity index (χ0v) is 11.5. The van der Waals surface area contributed by atoms with E-state index in [4.69, 9.17) is 0 Å². The van der Waals surface area contributed by atoms with E-state index in [0.717, 1.165) is 22.8 Å². The molecule has 0 radical (unpaired) electrons. The van der Waals surface area contributed by atoms with Crippen molar-refractivity contribution in [3.63, 3.8) is 0 Å². The number of halogens is 1. The first kappa shape index (κ1) is 11.8. The number of aryl methyl sites for hydroxylation is 1. The maximum absolute atomic E-state index is 4.38. The second kappa shape index (κ2) is 4.70. The van der Waals surface area contributed by atoms with Gasteiger partial charge in [-0.2, -0.15) is 0 Å². The number of hydrogen-bond acceptors (Lipinski definition) is 3. The Kier molecular flexibility index (Phi) is 3.47. The van der Waals surface area contributed by atoms with Crippen LogP contribution >= 0.6 is 15.9 Å². The van der Waals surface area contributed by atoms with Crippen molar-refractivity contribution in [2.75, 3.05) is 11.9 Å². The Balaban J connectivity index is 1.98. The van der Waals surface area contributed by atoms with E-state index in [1.165, 1.54) is 25.7 Å². The van der Waals surface area contributed by atoms with Gasteiger partial charge in [0, 0.05) is 12.6 Å². The summed E-state index contributed by atoms with van der Waals surface area (Å²) in [6.45, 7) is 5.23. The van der Waals surface area contributed by atoms with Crippen LogP contribution in [0.15, 0.2) is 10.7 Å². The molecule has 0 amide bonds. The summed E-state index contributed by atoms with van der Waals surface area (Å²) in [4.78, 5) is 8.58. The molecule has 88 valence electrons. The fourth-order valence-electron chi connectivity index (χ4n) is 2.23. The standard InChI is InChI=1S/C12H18BrN3/c1-3-12(5-4-6-12)8-14-11-7-10(13)15-9(2)16-11/h7H,3-6,8H2,1-2H3,(H,14,15,16). The van der Waals surface area contributed by atoms with Crippen LogP contribution in [0.1, 0.15) is 38.4 Å². The lowest BCUT2D eigenvalue weighted by Gasteiger charge is -2.41. The Morgan fingerprint density at radius 2 is 2.19 bits per heavy atom. The van der Waals surface area contributed by atoms with Gasteiger partial charge in [-0.3, -0.25) is 0 Å². The summed E-state index contributed by atoms with van der Waals surface area (Å²) in [5.41, 5.74) is 0.519. The Morgan fingerprint density at radius 3 is 2.69 bits per heavy atom. The van der Waals surface area contributed by atoms with Crippen molar-refractivity contribution in [3.8, 4) is 0 Å². The van der Waals surface area contributed by atoms with Crippen molar-refractivity contribution >= 4 is 21.7 Å². The van der Waals surface area contributed by atoms with Crippen LogP contribution in [0.4, 0.5) is 5.82 Å². The van der Waals surface area contributed by atoms with Crippen molar-refractivity contribution < 1.29 is 0 Å². The molecular weight excluding hydrogens is 266 g/mol. The minimum absolute atomic E-state index is 0.519. The minimum atomic E-state index is 0.519. The second-order valence-corrected chi connectivity index (χ2v) is 5.50. The molecule has 0 aromatic carbocycles. The molecule has 4 heteroatoms. The zero-order valence-electron chi connectivity index (χ0n) is 9.89. The molecule has 16 heavy (non-hydrogen) atoms. The predicted octanol–water partition coefficient (Wildman–Crippen LogP) is 3.54. The van der Waals surface area contributed by atoms with E-state index in [1.807, 2.05) is 13.0 Å². The summed E-state index contributed by atoms with van der Waals surface area (Å²) < 4.78 is 0.849. The molecule has 0 saturated heterocycles. The SMILES string of the molecule is CCC1(CNc2cc(Br)nc(C)n2)CCC1. The van der Waals surface area contributed by atoms with Gasteiger partial charge in [-0.25, -0.2) is 9.97 Å². The summed E-state index contributed by atoms with van der Waals surface area (Å²) >= 11 is 3.39. The molecule has 1 N–H and O–H groups in total. The van der Waals surface area contributed by atoms with E-state index in [-0.39, 0.29) is 0 Å². The molecule has 1 aliphatic carbocycles. The highest BCUT2D eigenvalue weighted by Crippen LogP contribution is 2.43. The van der Waals surface area contributed by atoms with Gasteiger partial charge in [0.05, 0.1) is 0 Å². The molecule has 0 unspecified atom stereocenters. The van der Waals surface area contributed by atoms with Crippen LogP contribution in [0.2, 0.25) is 0 Å². The first-order valence-corrected chi connectivity index (χ1v) is 6.68. The highest BCUT2D eigenvalue weighted by atomic mass is 79.9. The highest BCUT2D eigenvalue weighted by molar-refractivity contribution is 9.10. The first-order valence-electron chi connectivity index (χ1n) is 5.89. The number of rotatable bonds is 4. The van der Waals surface area contributed by atoms with E-state index in [1.54, 1.807) is 0 Å². The molecule has 0 atom stereocenters. The van der Waals surface area contributed by atoms with Gasteiger partial charge in [0.2, 0.25) is 0 Å². The lowest BCUT2D eigenvalue weighted by molar-refractivity contribution is 0.145. The van der Waals surface area contributed by atoms with Crippen LogP contribution < -0.4 is 5.32 Å². The van der Waals surface area contributed by atoms with Gasteiger partial charge < -0.3 is 5.32 Å². The third kappa shape index (κ3) is 2.54. The Labute approximate surface area is 105 Å². The predicted molar refractivity (Wildman–Crippen MR) is 69.5 cm³/mol. The zero-order chi connectivity index (χ0) is 11.6. The van der Waals surface area contributed by atoms with E-state index in [2.05, 4.69) is 38.1 Å². The van der Waals surface area contributed by atoms with Gasteiger partial charge in [0.25, 0.3) is 0 Å². The normalized spacial score (nSPS) is 17.9. The van der Waals surface area contributed by atoms with E-state index >= 15 is 0 Å². The van der Waals surface area contributed by atoms with E-state index < -0.39 is 0 Å². The molecule has 2 rings (SSSR count). The largest absolute Gasteiger partial charge is 0.369 e. The molecule has 1 aromatic rings. The minimum Gasteiger partial charge on any atom is -0.369 e. The van der Waals surface area contributed by atoms with Crippen LogP contribution in [0.3, 0.4) is 0 Å². The number of nitrogens with one attached hydrogen (secondary N) is 1. The lowest BCUT2D eigenvalue weighted by atomic mass is 9.67. The van der Waals surface area contributed by atoms with E-state index in [0.29, 0.717) is 5.41 Å². The summed E-state index contributed by atoms with van der Waals surface area (Å²) in [6.07, 6.45) is 5.33. The molecule has 1 heterocycles. The fraction of sp³-hybridized carbons (Fsp3) is 0.667. The van der Waals surface area contributed by atoms with Crippen molar-refractivity contribution in [2.45, 2.75) is 39.5 Å². The van der Waals surface area contributed by atoms with Gasteiger partial charge in [-0.05, 0) is 47.5 Å². The van der Waals surface area contributed by atoms with Crippen molar-refractivity contribution in [1.29, 1.82) is 0 Å². The fourth-order valence-corrected chi connectivity index (χ4v) is 2.71. The second-order valence-electron chi connectivity index (χ2n) is 4.68. The molecule has 3 nitrogen and oxygen atoms in total. The first-order chi connectivity index (χ1) is 7.63. The number of hydrogen-bond donors (Lipinski definition) is 1. The van der Waals surface area contributed by atoms with Crippen LogP contribution in [-0.2, 0) is 0 Å². The summed E-state index contributed by atoms with van der Waals surface area (Å²) in [7, 11) is 0. The summed E-state index contributed by atoms with van der Waals surface area (Å²) in [5.74, 6) is 1.73. The third-order valence-electron chi connectivity index (χ3n) is 3.62. The average molecular weight is 284 g/mol. The quantitative estimate of drug-likeness (QED) is 0.859. The Morgan fingerprint density at radius 1 is 1.44 bits per heavy atom. The molecular formula is C12H18BrN3. The van der Waals surface area contributed by atoms with Gasteiger partial charge in [-0.15, -0.1) is 0 Å². The lowest BCUT2D eigenvalue weighted by Crippen LogP contribution is -2.36. The maximum Gasteiger partial charge on any atom is 0.130 e. The molecule has 1 aliphatic rings. The maximum atomic E-state index is 4.38. The average Bonchev–Trinajstić information content (AvgIpc) is 2.15. The van der Waals surface area contributed by atoms with Crippen molar-refractivity contribution in [3.05, 3.63) is 16.5 Å². The van der Waals surface area contributed by atoms with Crippen LogP contribution in [0.5, 0.6) is 0 Å². The van der Waals surface area contributed by atoms with Gasteiger partial charge in [0.1, 0.15) is 16.2 Å². The molecule has 1 fully saturated rings. The van der Waals surface area contributed by atoms with Crippen molar-refractivity contribution in [2.24, 2.45) is 5.41 Å². The van der Waals surface area contributed by atoms with E-state index in [9.17, 15) is 0 Å². The molecule has 0 aliphatic heterocycles. The highest BCUT2D eigenvalue weighted by Gasteiger charge is 2.34. The summed E-state index contributed by atoms with van der Waals surface area (Å²) in [6, 6.07) is 1.94. The monoisotopic (exact) mass is 283 g/mol. The molecule has 0 spiro atoms. The van der Waals surface area contributed by atoms with Crippen LogP contribution in [0.25, 0.3) is 0 Å². The molecule has 0 bridgehead atoms. The van der Waals surface area contributed by atoms with Gasteiger partial charge in [-0.1, -0.05) is 13.3 Å². The smallest absolute Gasteiger partial charge is 0.130 e. The topological polar surface area (TPSA) is 37.8 Å². The number of anilines is 1. The molecule has 1 saturated carbocycles. The van der Waals surface area contributed by atoms with Crippen molar-refractivity contribution in [1.82, 2.24) is 9.97 Å². The van der Waals surface area contributed by atoms with Gasteiger partial charge >= 0.3 is 0 Å². The van der Waals surface area contributed by atoms with Crippen LogP contribution in [0, 0.1) is 12.3 Å². The Bertz CT molecular complexity index is 349. The third-order valence-corrected chi connectivity index (χ3v) is 4.02. The molecule has 1 aromatic heterocycles. The Hall–Kier alpha value is -0.640. The van der Waals surface area contributed by atoms with Gasteiger partial charge in [0.15, 0.2) is 0 Å². The summed E-state index contributed by atoms with van der Waals surface area (Å²) in [5, 5.41) is 3.44. The number of aromatic nitrogens is 2. The number of nitrogens with zero attached hydrogens (tertiary/aromatic N) is 2. The van der Waals surface area contributed by atoms with Crippen LogP contribution in [-0.4, -0.2) is 16.5 Å².